The number of carbonyl (C=O) groups excluding carboxylic acids is 1. The third kappa shape index (κ3) is 6.39. The summed E-state index contributed by atoms with van der Waals surface area (Å²) in [5.41, 5.74) is 1.09. The van der Waals surface area contributed by atoms with Gasteiger partial charge >= 0.3 is 0 Å². The van der Waals surface area contributed by atoms with Crippen molar-refractivity contribution in [2.75, 3.05) is 19.6 Å². The molecule has 1 heterocycles. The summed E-state index contributed by atoms with van der Waals surface area (Å²) >= 11 is 0. The van der Waals surface area contributed by atoms with E-state index in [2.05, 4.69) is 14.9 Å². The van der Waals surface area contributed by atoms with E-state index in [0.717, 1.165) is 31.5 Å². The monoisotopic (exact) mass is 415 g/mol. The predicted octanol–water partition coefficient (Wildman–Crippen LogP) is 2.70. The second-order valence-electron chi connectivity index (χ2n) is 7.50. The van der Waals surface area contributed by atoms with Crippen molar-refractivity contribution in [3.8, 4) is 0 Å². The van der Waals surface area contributed by atoms with Crippen LogP contribution in [0.2, 0.25) is 0 Å². The Kier molecular flexibility index (Phi) is 7.41. The molecule has 1 aliphatic rings. The van der Waals surface area contributed by atoms with Gasteiger partial charge in [0.25, 0.3) is 0 Å². The molecule has 0 saturated carbocycles. The second kappa shape index (κ2) is 10.0. The van der Waals surface area contributed by atoms with E-state index >= 15 is 0 Å². The molecule has 0 aliphatic carbocycles. The molecule has 3 rings (SSSR count). The summed E-state index contributed by atoms with van der Waals surface area (Å²) in [6.07, 6.45) is 1.93. The number of hydrogen-bond donors (Lipinski definition) is 2. The van der Waals surface area contributed by atoms with Crippen molar-refractivity contribution in [3.63, 3.8) is 0 Å². The normalized spacial score (nSPS) is 17.0. The minimum absolute atomic E-state index is 0.0122. The molecule has 2 aromatic rings. The molecule has 1 amide bonds. The molecule has 0 radical (unpaired) electrons. The molecule has 0 bridgehead atoms. The van der Waals surface area contributed by atoms with E-state index in [1.54, 1.807) is 30.3 Å². The highest BCUT2D eigenvalue weighted by Gasteiger charge is 2.24. The number of likely N-dealkylation sites (tertiary alicyclic amines) is 1. The SMILES string of the molecule is CC(NC(=O)CCN1CCC(NS(=O)(=O)c2ccccc2)CC1)c1ccccc1. The number of rotatable bonds is 8. The third-order valence-corrected chi connectivity index (χ3v) is 6.83. The number of sulfonamides is 1. The molecule has 0 aromatic heterocycles. The topological polar surface area (TPSA) is 78.5 Å². The van der Waals surface area contributed by atoms with Crippen LogP contribution in [0.1, 0.15) is 37.8 Å². The second-order valence-corrected chi connectivity index (χ2v) is 9.21. The van der Waals surface area contributed by atoms with Gasteiger partial charge in [-0.15, -0.1) is 0 Å². The number of hydrogen-bond acceptors (Lipinski definition) is 4. The van der Waals surface area contributed by atoms with Gasteiger partial charge in [-0.05, 0) is 50.6 Å². The zero-order valence-corrected chi connectivity index (χ0v) is 17.6. The highest BCUT2D eigenvalue weighted by atomic mass is 32.2. The van der Waals surface area contributed by atoms with Gasteiger partial charge in [0.2, 0.25) is 15.9 Å². The van der Waals surface area contributed by atoms with E-state index in [-0.39, 0.29) is 18.0 Å². The number of piperidine rings is 1. The van der Waals surface area contributed by atoms with Gasteiger partial charge in [0.15, 0.2) is 0 Å². The maximum Gasteiger partial charge on any atom is 0.240 e. The summed E-state index contributed by atoms with van der Waals surface area (Å²) in [7, 11) is -3.48. The van der Waals surface area contributed by atoms with E-state index < -0.39 is 10.0 Å². The van der Waals surface area contributed by atoms with E-state index in [1.807, 2.05) is 37.3 Å². The van der Waals surface area contributed by atoms with E-state index in [4.69, 9.17) is 0 Å². The first-order chi connectivity index (χ1) is 13.9. The highest BCUT2D eigenvalue weighted by Crippen LogP contribution is 2.16. The summed E-state index contributed by atoms with van der Waals surface area (Å²) in [5.74, 6) is 0.0354. The Balaban J connectivity index is 1.39. The van der Waals surface area contributed by atoms with E-state index in [0.29, 0.717) is 17.9 Å². The fraction of sp³-hybridized carbons (Fsp3) is 0.409. The Labute approximate surface area is 173 Å². The molecule has 1 saturated heterocycles. The van der Waals surface area contributed by atoms with E-state index in [1.165, 1.54) is 0 Å². The maximum atomic E-state index is 12.4. The molecule has 2 aromatic carbocycles. The minimum Gasteiger partial charge on any atom is -0.350 e. The lowest BCUT2D eigenvalue weighted by Gasteiger charge is -2.32. The fourth-order valence-corrected chi connectivity index (χ4v) is 4.89. The molecule has 156 valence electrons. The number of carbonyl (C=O) groups is 1. The number of amides is 1. The van der Waals surface area contributed by atoms with E-state index in [9.17, 15) is 13.2 Å². The van der Waals surface area contributed by atoms with Crippen LogP contribution in [0, 0.1) is 0 Å². The summed E-state index contributed by atoms with van der Waals surface area (Å²) in [4.78, 5) is 14.8. The first-order valence-electron chi connectivity index (χ1n) is 10.1. The molecule has 6 nitrogen and oxygen atoms in total. The van der Waals surface area contributed by atoms with Crippen LogP contribution in [-0.4, -0.2) is 44.9 Å². The van der Waals surface area contributed by atoms with Gasteiger partial charge in [0.1, 0.15) is 0 Å². The smallest absolute Gasteiger partial charge is 0.240 e. The van der Waals surface area contributed by atoms with Gasteiger partial charge < -0.3 is 10.2 Å². The van der Waals surface area contributed by atoms with Crippen LogP contribution < -0.4 is 10.0 Å². The fourth-order valence-electron chi connectivity index (χ4n) is 3.56. The molecule has 7 heteroatoms. The molecular weight excluding hydrogens is 386 g/mol. The molecular formula is C22H29N3O3S. The lowest BCUT2D eigenvalue weighted by atomic mass is 10.1. The van der Waals surface area contributed by atoms with Crippen molar-refractivity contribution in [2.45, 2.75) is 43.2 Å². The Hall–Kier alpha value is -2.22. The van der Waals surface area contributed by atoms with Gasteiger partial charge in [0.05, 0.1) is 10.9 Å². The third-order valence-electron chi connectivity index (χ3n) is 5.30. The zero-order valence-electron chi connectivity index (χ0n) is 16.8. The van der Waals surface area contributed by atoms with Gasteiger partial charge in [-0.2, -0.15) is 0 Å². The average Bonchev–Trinajstić information content (AvgIpc) is 2.74. The number of nitrogens with one attached hydrogen (secondary N) is 2. The highest BCUT2D eigenvalue weighted by molar-refractivity contribution is 7.89. The predicted molar refractivity (Wildman–Crippen MR) is 114 cm³/mol. The molecule has 1 unspecified atom stereocenters. The van der Waals surface area contributed by atoms with Crippen LogP contribution >= 0.6 is 0 Å². The number of nitrogens with zero attached hydrogens (tertiary/aromatic N) is 1. The van der Waals surface area contributed by atoms with Crippen molar-refractivity contribution >= 4 is 15.9 Å². The molecule has 1 fully saturated rings. The van der Waals surface area contributed by atoms with Gasteiger partial charge in [-0.1, -0.05) is 48.5 Å². The first kappa shape index (κ1) is 21.5. The van der Waals surface area contributed by atoms with Crippen LogP contribution in [0.15, 0.2) is 65.6 Å². The van der Waals surface area contributed by atoms with Crippen LogP contribution in [0.25, 0.3) is 0 Å². The first-order valence-corrected chi connectivity index (χ1v) is 11.6. The minimum atomic E-state index is -3.48. The Morgan fingerprint density at radius 1 is 1.03 bits per heavy atom. The molecule has 29 heavy (non-hydrogen) atoms. The molecule has 1 atom stereocenters. The van der Waals surface area contributed by atoms with Crippen LogP contribution in [0.4, 0.5) is 0 Å². The van der Waals surface area contributed by atoms with Gasteiger partial charge in [0, 0.05) is 19.0 Å². The Morgan fingerprint density at radius 2 is 1.62 bits per heavy atom. The largest absolute Gasteiger partial charge is 0.350 e. The van der Waals surface area contributed by atoms with Crippen LogP contribution in [0.5, 0.6) is 0 Å². The number of benzene rings is 2. The zero-order chi connectivity index (χ0) is 20.7. The standard InChI is InChI=1S/C22H29N3O3S/c1-18(19-8-4-2-5-9-19)23-22(26)14-17-25-15-12-20(13-16-25)24-29(27,28)21-10-6-3-7-11-21/h2-11,18,20,24H,12-17H2,1H3,(H,23,26). The average molecular weight is 416 g/mol. The van der Waals surface area contributed by atoms with Crippen molar-refractivity contribution in [1.29, 1.82) is 0 Å². The van der Waals surface area contributed by atoms with Crippen molar-refractivity contribution in [2.24, 2.45) is 0 Å². The summed E-state index contributed by atoms with van der Waals surface area (Å²) in [6, 6.07) is 18.3. The van der Waals surface area contributed by atoms with Crippen molar-refractivity contribution < 1.29 is 13.2 Å². The van der Waals surface area contributed by atoms with Crippen molar-refractivity contribution in [3.05, 3.63) is 66.2 Å². The lowest BCUT2D eigenvalue weighted by Crippen LogP contribution is -2.45. The van der Waals surface area contributed by atoms with Gasteiger partial charge in [-0.25, -0.2) is 13.1 Å². The van der Waals surface area contributed by atoms with Crippen LogP contribution in [-0.2, 0) is 14.8 Å². The lowest BCUT2D eigenvalue weighted by molar-refractivity contribution is -0.122. The van der Waals surface area contributed by atoms with Crippen LogP contribution in [0.3, 0.4) is 0 Å². The van der Waals surface area contributed by atoms with Gasteiger partial charge in [-0.3, -0.25) is 4.79 Å². The molecule has 2 N–H and O–H groups in total. The Bertz CT molecular complexity index is 880. The summed E-state index contributed by atoms with van der Waals surface area (Å²) in [6.45, 7) is 4.23. The molecule has 0 spiro atoms. The summed E-state index contributed by atoms with van der Waals surface area (Å²) in [5, 5.41) is 3.04. The quantitative estimate of drug-likeness (QED) is 0.695. The van der Waals surface area contributed by atoms with Crippen molar-refractivity contribution in [1.82, 2.24) is 14.9 Å². The summed E-state index contributed by atoms with van der Waals surface area (Å²) < 4.78 is 27.7. The maximum absolute atomic E-state index is 12.4. The molecule has 1 aliphatic heterocycles. The Morgan fingerprint density at radius 3 is 2.24 bits per heavy atom.